The second kappa shape index (κ2) is 4.42. The molecule has 1 saturated carbocycles. The summed E-state index contributed by atoms with van der Waals surface area (Å²) in [6.07, 6.45) is 3.01. The zero-order chi connectivity index (χ0) is 10.9. The van der Waals surface area contributed by atoms with Crippen LogP contribution >= 0.6 is 22.9 Å². The maximum Gasteiger partial charge on any atom is 0.0931 e. The summed E-state index contributed by atoms with van der Waals surface area (Å²) in [5, 5.41) is 13.3. The van der Waals surface area contributed by atoms with Crippen LogP contribution in [0, 0.1) is 0 Å². The maximum absolute atomic E-state index is 9.93. The van der Waals surface area contributed by atoms with Gasteiger partial charge in [0.05, 0.1) is 9.94 Å². The Bertz CT molecular complexity index is 335. The number of nitrogens with one attached hydrogen (secondary N) is 1. The van der Waals surface area contributed by atoms with Crippen LogP contribution in [0.2, 0.25) is 4.34 Å². The Hall–Kier alpha value is -0.0900. The number of hydrogen-bond acceptors (Lipinski definition) is 3. The van der Waals surface area contributed by atoms with E-state index < -0.39 is 5.60 Å². The summed E-state index contributed by atoms with van der Waals surface area (Å²) in [6, 6.07) is 4.22. The van der Waals surface area contributed by atoms with E-state index in [1.807, 2.05) is 12.1 Å². The summed E-state index contributed by atoms with van der Waals surface area (Å²) in [7, 11) is 0. The van der Waals surface area contributed by atoms with Crippen molar-refractivity contribution in [2.45, 2.75) is 37.8 Å². The Morgan fingerprint density at radius 1 is 1.60 bits per heavy atom. The van der Waals surface area contributed by atoms with Crippen LogP contribution in [0.3, 0.4) is 0 Å². The average molecular weight is 246 g/mol. The molecule has 0 bridgehead atoms. The van der Waals surface area contributed by atoms with Crippen LogP contribution in [0.4, 0.5) is 0 Å². The van der Waals surface area contributed by atoms with Crippen LogP contribution in [0.15, 0.2) is 12.1 Å². The van der Waals surface area contributed by atoms with Crippen molar-refractivity contribution < 1.29 is 5.11 Å². The number of aliphatic hydroxyl groups is 1. The van der Waals surface area contributed by atoms with Gasteiger partial charge in [0.1, 0.15) is 0 Å². The Labute approximate surface area is 99.3 Å². The Morgan fingerprint density at radius 2 is 2.33 bits per heavy atom. The van der Waals surface area contributed by atoms with Crippen LogP contribution in [0.5, 0.6) is 0 Å². The first-order chi connectivity index (χ1) is 7.09. The van der Waals surface area contributed by atoms with Crippen molar-refractivity contribution in [3.8, 4) is 0 Å². The molecule has 0 radical (unpaired) electrons. The van der Waals surface area contributed by atoms with Gasteiger partial charge in [0.2, 0.25) is 0 Å². The average Bonchev–Trinajstić information content (AvgIpc) is 2.58. The molecule has 2 rings (SSSR count). The molecular weight excluding hydrogens is 230 g/mol. The van der Waals surface area contributed by atoms with E-state index in [0.717, 1.165) is 23.6 Å². The van der Waals surface area contributed by atoms with E-state index in [0.29, 0.717) is 6.54 Å². The first-order valence-corrected chi connectivity index (χ1v) is 6.49. The van der Waals surface area contributed by atoms with Gasteiger partial charge < -0.3 is 10.4 Å². The second-order valence-corrected chi connectivity index (χ2v) is 6.07. The summed E-state index contributed by atoms with van der Waals surface area (Å²) >= 11 is 7.47. The molecule has 0 aromatic carbocycles. The molecule has 84 valence electrons. The Kier molecular flexibility index (Phi) is 3.36. The second-order valence-electron chi connectivity index (χ2n) is 4.32. The van der Waals surface area contributed by atoms with Crippen LogP contribution in [-0.2, 0) is 0 Å². The summed E-state index contributed by atoms with van der Waals surface area (Å²) in [5.74, 6) is 0. The van der Waals surface area contributed by atoms with Gasteiger partial charge in [-0.05, 0) is 38.3 Å². The van der Waals surface area contributed by atoms with Crippen LogP contribution in [-0.4, -0.2) is 17.3 Å². The lowest BCUT2D eigenvalue weighted by Gasteiger charge is -2.37. The van der Waals surface area contributed by atoms with E-state index in [9.17, 15) is 5.11 Å². The van der Waals surface area contributed by atoms with Gasteiger partial charge in [-0.2, -0.15) is 0 Å². The summed E-state index contributed by atoms with van der Waals surface area (Å²) in [4.78, 5) is 1.22. The number of rotatable bonds is 4. The van der Waals surface area contributed by atoms with Crippen molar-refractivity contribution >= 4 is 22.9 Å². The first kappa shape index (κ1) is 11.4. The fourth-order valence-corrected chi connectivity index (χ4v) is 2.85. The third kappa shape index (κ3) is 2.72. The van der Waals surface area contributed by atoms with Crippen LogP contribution in [0.25, 0.3) is 0 Å². The van der Waals surface area contributed by atoms with Gasteiger partial charge in [-0.1, -0.05) is 11.6 Å². The third-order valence-electron chi connectivity index (χ3n) is 3.04. The highest BCUT2D eigenvalue weighted by atomic mass is 35.5. The first-order valence-electron chi connectivity index (χ1n) is 5.30. The third-order valence-corrected chi connectivity index (χ3v) is 4.46. The lowest BCUT2D eigenvalue weighted by molar-refractivity contribution is -0.0328. The number of thiophene rings is 1. The molecule has 1 aliphatic carbocycles. The van der Waals surface area contributed by atoms with E-state index in [4.69, 9.17) is 11.6 Å². The van der Waals surface area contributed by atoms with Gasteiger partial charge in [-0.3, -0.25) is 0 Å². The van der Waals surface area contributed by atoms with Gasteiger partial charge in [0, 0.05) is 17.5 Å². The molecule has 1 unspecified atom stereocenters. The fraction of sp³-hybridized carbons (Fsp3) is 0.636. The fourth-order valence-electron chi connectivity index (χ4n) is 1.77. The molecule has 15 heavy (non-hydrogen) atoms. The molecule has 0 spiro atoms. The molecule has 4 heteroatoms. The molecule has 0 saturated heterocycles. The highest BCUT2D eigenvalue weighted by Gasteiger charge is 2.34. The van der Waals surface area contributed by atoms with Gasteiger partial charge in [-0.15, -0.1) is 11.3 Å². The summed E-state index contributed by atoms with van der Waals surface area (Å²) < 4.78 is 0.820. The van der Waals surface area contributed by atoms with E-state index in [-0.39, 0.29) is 6.04 Å². The minimum absolute atomic E-state index is 0.270. The van der Waals surface area contributed by atoms with Gasteiger partial charge >= 0.3 is 0 Å². The summed E-state index contributed by atoms with van der Waals surface area (Å²) in [6.45, 7) is 2.79. The molecule has 0 amide bonds. The van der Waals surface area contributed by atoms with Gasteiger partial charge in [0.25, 0.3) is 0 Å². The zero-order valence-electron chi connectivity index (χ0n) is 8.79. The molecule has 1 fully saturated rings. The lowest BCUT2D eigenvalue weighted by Crippen LogP contribution is -2.46. The zero-order valence-corrected chi connectivity index (χ0v) is 10.4. The predicted octanol–water partition coefficient (Wildman–Crippen LogP) is 2.97. The topological polar surface area (TPSA) is 32.3 Å². The molecule has 0 aliphatic heterocycles. The molecule has 1 aliphatic rings. The lowest BCUT2D eigenvalue weighted by atomic mass is 9.80. The van der Waals surface area contributed by atoms with Crippen molar-refractivity contribution in [2.24, 2.45) is 0 Å². The van der Waals surface area contributed by atoms with Gasteiger partial charge in [0.15, 0.2) is 0 Å². The predicted molar refractivity (Wildman–Crippen MR) is 64.5 cm³/mol. The molecule has 1 heterocycles. The van der Waals surface area contributed by atoms with E-state index in [1.165, 1.54) is 4.88 Å². The molecule has 1 aromatic rings. The van der Waals surface area contributed by atoms with Crippen LogP contribution in [0.1, 0.15) is 37.1 Å². The minimum Gasteiger partial charge on any atom is -0.389 e. The largest absolute Gasteiger partial charge is 0.389 e. The van der Waals surface area contributed by atoms with Crippen molar-refractivity contribution in [2.75, 3.05) is 6.54 Å². The number of hydrogen-bond donors (Lipinski definition) is 2. The molecule has 2 N–H and O–H groups in total. The highest BCUT2D eigenvalue weighted by molar-refractivity contribution is 7.16. The monoisotopic (exact) mass is 245 g/mol. The van der Waals surface area contributed by atoms with Crippen molar-refractivity contribution in [1.82, 2.24) is 5.32 Å². The Balaban J connectivity index is 1.84. The maximum atomic E-state index is 9.93. The van der Waals surface area contributed by atoms with Crippen molar-refractivity contribution in [3.63, 3.8) is 0 Å². The van der Waals surface area contributed by atoms with E-state index >= 15 is 0 Å². The highest BCUT2D eigenvalue weighted by Crippen LogP contribution is 2.32. The van der Waals surface area contributed by atoms with Crippen molar-refractivity contribution in [3.05, 3.63) is 21.3 Å². The normalized spacial score (nSPS) is 21.0. The summed E-state index contributed by atoms with van der Waals surface area (Å²) in [5.41, 5.74) is -0.449. The molecular formula is C11H16ClNOS. The Morgan fingerprint density at radius 3 is 2.80 bits per heavy atom. The minimum atomic E-state index is -0.449. The van der Waals surface area contributed by atoms with Crippen LogP contribution < -0.4 is 5.32 Å². The molecule has 2 nitrogen and oxygen atoms in total. The van der Waals surface area contributed by atoms with Crippen molar-refractivity contribution in [1.29, 1.82) is 0 Å². The smallest absolute Gasteiger partial charge is 0.0931 e. The standard InChI is InChI=1S/C11H16ClNOS/c1-8(9-3-4-10(12)15-9)13-7-11(14)5-2-6-11/h3-4,8,13-14H,2,5-7H2,1H3. The van der Waals surface area contributed by atoms with E-state index in [2.05, 4.69) is 12.2 Å². The SMILES string of the molecule is CC(NCC1(O)CCC1)c1ccc(Cl)s1. The number of halogens is 1. The molecule has 1 aromatic heterocycles. The van der Waals surface area contributed by atoms with Gasteiger partial charge in [-0.25, -0.2) is 0 Å². The quantitative estimate of drug-likeness (QED) is 0.855. The molecule has 1 atom stereocenters. The van der Waals surface area contributed by atoms with E-state index in [1.54, 1.807) is 11.3 Å².